The number of benzene rings is 3. The molecule has 2 aliphatic rings. The van der Waals surface area contributed by atoms with E-state index in [1.54, 1.807) is 22.7 Å². The lowest BCUT2D eigenvalue weighted by Gasteiger charge is -2.28. The molecule has 0 unspecified atom stereocenters. The topological polar surface area (TPSA) is 80.5 Å². The highest BCUT2D eigenvalue weighted by molar-refractivity contribution is 6.72. The zero-order valence-electron chi connectivity index (χ0n) is 23.8. The largest absolute Gasteiger partial charge is 0.396 e. The van der Waals surface area contributed by atoms with Gasteiger partial charge in [0.1, 0.15) is 0 Å². The summed E-state index contributed by atoms with van der Waals surface area (Å²) in [6.45, 7) is 6.37. The van der Waals surface area contributed by atoms with E-state index in [4.69, 9.17) is 9.84 Å². The van der Waals surface area contributed by atoms with Gasteiger partial charge in [0.25, 0.3) is 5.91 Å². The lowest BCUT2D eigenvalue weighted by Crippen LogP contribution is -2.36. The molecule has 1 aromatic heterocycles. The van der Waals surface area contributed by atoms with E-state index < -0.39 is 8.41 Å². The van der Waals surface area contributed by atoms with E-state index >= 15 is 4.11 Å². The number of hydrogen-bond acceptors (Lipinski definition) is 5. The van der Waals surface area contributed by atoms with Gasteiger partial charge in [0.05, 0.1) is 29.2 Å². The molecule has 3 heterocycles. The second-order valence-corrected chi connectivity index (χ2v) is 15.7. The second kappa shape index (κ2) is 11.1. The van der Waals surface area contributed by atoms with Crippen LogP contribution in [-0.2, 0) is 24.1 Å². The Kier molecular flexibility index (Phi) is 7.52. The molecule has 41 heavy (non-hydrogen) atoms. The smallest absolute Gasteiger partial charge is 0.263 e. The molecule has 4 aromatic rings. The Morgan fingerprint density at radius 3 is 2.49 bits per heavy atom. The van der Waals surface area contributed by atoms with Crippen LogP contribution in [0.2, 0.25) is 18.6 Å². The van der Waals surface area contributed by atoms with Crippen LogP contribution in [0.3, 0.4) is 0 Å². The first kappa shape index (κ1) is 27.8. The number of anilines is 2. The minimum atomic E-state index is -2.96. The Balaban J connectivity index is 1.11. The van der Waals surface area contributed by atoms with Crippen LogP contribution in [-0.4, -0.2) is 53.2 Å². The minimum absolute atomic E-state index is 0.00308. The maximum Gasteiger partial charge on any atom is 0.263 e. The van der Waals surface area contributed by atoms with E-state index in [0.29, 0.717) is 19.4 Å². The summed E-state index contributed by atoms with van der Waals surface area (Å²) in [6.07, 6.45) is 4.47. The summed E-state index contributed by atoms with van der Waals surface area (Å²) in [5.74, 6) is 0.135. The van der Waals surface area contributed by atoms with Crippen molar-refractivity contribution in [2.24, 2.45) is 5.92 Å². The predicted octanol–water partition coefficient (Wildman–Crippen LogP) is 6.23. The van der Waals surface area contributed by atoms with Crippen molar-refractivity contribution in [1.29, 1.82) is 0 Å². The van der Waals surface area contributed by atoms with Crippen LogP contribution >= 0.6 is 0 Å². The van der Waals surface area contributed by atoms with Crippen molar-refractivity contribution in [3.63, 3.8) is 0 Å². The van der Waals surface area contributed by atoms with Crippen molar-refractivity contribution in [3.05, 3.63) is 83.7 Å². The fourth-order valence-electron chi connectivity index (χ4n) is 6.88. The SMILES string of the molecule is C[C@H]1[C@H]([Si](C)(C)F)[C@@H](CCn2cc(CCO)nn2)O[C@H]1CCc1ccc(N2C(=O)c3cccc4cccc2c34)cc1. The lowest BCUT2D eigenvalue weighted by molar-refractivity contribution is 0.0247. The first-order valence-corrected chi connectivity index (χ1v) is 17.5. The van der Waals surface area contributed by atoms with Crippen LogP contribution in [0.4, 0.5) is 15.5 Å². The van der Waals surface area contributed by atoms with Gasteiger partial charge in [-0.2, -0.15) is 0 Å². The summed E-state index contributed by atoms with van der Waals surface area (Å²) < 4.78 is 23.8. The molecule has 2 aliphatic heterocycles. The van der Waals surface area contributed by atoms with E-state index in [0.717, 1.165) is 46.2 Å². The summed E-state index contributed by atoms with van der Waals surface area (Å²) >= 11 is 0. The molecule has 0 radical (unpaired) electrons. The standard InChI is InChI=1S/C32H37FN4O3Si/c1-21-28(40-29(31(21)41(2,3)33)16-18-36-20-24(17-19-38)34-35-36)15-12-22-10-13-25(14-11-22)37-27-9-5-7-23-6-4-8-26(30(23)27)32(37)39/h4-11,13-14,20-21,28-29,31,38H,12,15-19H2,1-3H3/t21-,28+,29-,31+/m1/s1. The van der Waals surface area contributed by atoms with Crippen LogP contribution in [0.1, 0.15) is 41.4 Å². The number of aromatic nitrogens is 3. The molecule has 3 aromatic carbocycles. The number of aliphatic hydroxyl groups is 1. The number of ether oxygens (including phenoxy) is 1. The molecule has 0 aliphatic carbocycles. The van der Waals surface area contributed by atoms with E-state index in [1.807, 2.05) is 54.7 Å². The van der Waals surface area contributed by atoms with Crippen molar-refractivity contribution >= 4 is 36.5 Å². The Labute approximate surface area is 241 Å². The number of halogens is 1. The van der Waals surface area contributed by atoms with E-state index in [1.165, 1.54) is 5.56 Å². The molecule has 1 amide bonds. The third-order valence-electron chi connectivity index (χ3n) is 8.76. The molecular weight excluding hydrogens is 535 g/mol. The van der Waals surface area contributed by atoms with Crippen LogP contribution < -0.4 is 4.90 Å². The summed E-state index contributed by atoms with van der Waals surface area (Å²) in [5, 5.41) is 19.5. The number of hydrogen-bond donors (Lipinski definition) is 1. The van der Waals surface area contributed by atoms with Gasteiger partial charge >= 0.3 is 0 Å². The van der Waals surface area contributed by atoms with Crippen LogP contribution in [0.25, 0.3) is 10.8 Å². The van der Waals surface area contributed by atoms with Gasteiger partial charge in [-0.15, -0.1) is 5.10 Å². The molecule has 7 nitrogen and oxygen atoms in total. The molecule has 1 N–H and O–H groups in total. The maximum absolute atomic E-state index is 15.5. The fourth-order valence-corrected chi connectivity index (χ4v) is 9.47. The first-order valence-electron chi connectivity index (χ1n) is 14.5. The normalized spacial score (nSPS) is 22.3. The average Bonchev–Trinajstić information content (AvgIpc) is 3.62. The van der Waals surface area contributed by atoms with Crippen molar-refractivity contribution < 1.29 is 18.7 Å². The number of amides is 1. The molecule has 1 saturated heterocycles. The number of carbonyl (C=O) groups is 1. The Hall–Kier alpha value is -3.40. The van der Waals surface area contributed by atoms with Gasteiger partial charge in [-0.1, -0.05) is 48.5 Å². The van der Waals surface area contributed by atoms with E-state index in [2.05, 4.69) is 29.4 Å². The quantitative estimate of drug-likeness (QED) is 0.180. The number of aryl methyl sites for hydroxylation is 2. The van der Waals surface area contributed by atoms with Gasteiger partial charge in [0.2, 0.25) is 8.41 Å². The van der Waals surface area contributed by atoms with Crippen LogP contribution in [0.15, 0.2) is 66.9 Å². The summed E-state index contributed by atoms with van der Waals surface area (Å²) in [4.78, 5) is 15.1. The first-order chi connectivity index (χ1) is 19.7. The Bertz CT molecular complexity index is 1550. The molecule has 6 rings (SSSR count). The van der Waals surface area contributed by atoms with E-state index in [-0.39, 0.29) is 36.2 Å². The third kappa shape index (κ3) is 5.34. The Morgan fingerprint density at radius 2 is 1.76 bits per heavy atom. The second-order valence-electron chi connectivity index (χ2n) is 11.9. The summed E-state index contributed by atoms with van der Waals surface area (Å²) in [7, 11) is -2.96. The number of carbonyl (C=O) groups excluding carboxylic acids is 1. The fraction of sp³-hybridized carbons (Fsp3) is 0.406. The van der Waals surface area contributed by atoms with Gasteiger partial charge in [-0.05, 0) is 73.5 Å². The molecule has 0 spiro atoms. The summed E-state index contributed by atoms with van der Waals surface area (Å²) in [5.41, 5.74) is 4.36. The third-order valence-corrected chi connectivity index (χ3v) is 11.2. The van der Waals surface area contributed by atoms with E-state index in [9.17, 15) is 4.79 Å². The van der Waals surface area contributed by atoms with Crippen LogP contribution in [0.5, 0.6) is 0 Å². The maximum atomic E-state index is 15.5. The van der Waals surface area contributed by atoms with Gasteiger partial charge in [0, 0.05) is 42.4 Å². The van der Waals surface area contributed by atoms with Gasteiger partial charge in [-0.3, -0.25) is 14.4 Å². The highest BCUT2D eigenvalue weighted by Gasteiger charge is 2.50. The van der Waals surface area contributed by atoms with Gasteiger partial charge in [0.15, 0.2) is 0 Å². The number of aliphatic hydroxyl groups excluding tert-OH is 1. The van der Waals surface area contributed by atoms with Gasteiger partial charge in [-0.25, -0.2) is 0 Å². The highest BCUT2D eigenvalue weighted by Crippen LogP contribution is 2.47. The lowest BCUT2D eigenvalue weighted by atomic mass is 9.95. The van der Waals surface area contributed by atoms with Crippen molar-refractivity contribution in [2.45, 2.75) is 70.0 Å². The Morgan fingerprint density at radius 1 is 1.00 bits per heavy atom. The zero-order chi connectivity index (χ0) is 28.7. The number of nitrogens with zero attached hydrogens (tertiary/aromatic N) is 4. The molecular formula is C32H37FN4O3Si. The molecule has 9 heteroatoms. The number of rotatable bonds is 10. The van der Waals surface area contributed by atoms with Crippen LogP contribution in [0, 0.1) is 5.92 Å². The average molecular weight is 573 g/mol. The molecule has 1 fully saturated rings. The van der Waals surface area contributed by atoms with Gasteiger partial charge < -0.3 is 14.0 Å². The monoisotopic (exact) mass is 572 g/mol. The highest BCUT2D eigenvalue weighted by atomic mass is 28.4. The molecule has 0 bridgehead atoms. The predicted molar refractivity (Wildman–Crippen MR) is 161 cm³/mol. The van der Waals surface area contributed by atoms with Crippen molar-refractivity contribution in [2.75, 3.05) is 11.5 Å². The zero-order valence-corrected chi connectivity index (χ0v) is 24.8. The van der Waals surface area contributed by atoms with Crippen molar-refractivity contribution in [3.8, 4) is 0 Å². The summed E-state index contributed by atoms with van der Waals surface area (Å²) in [6, 6.07) is 20.1. The molecule has 214 valence electrons. The molecule has 0 saturated carbocycles. The minimum Gasteiger partial charge on any atom is -0.396 e. The van der Waals surface area contributed by atoms with Crippen molar-refractivity contribution in [1.82, 2.24) is 15.0 Å². The molecule has 4 atom stereocenters.